The summed E-state index contributed by atoms with van der Waals surface area (Å²) in [6, 6.07) is 5.18. The highest BCUT2D eigenvalue weighted by atomic mass is 35.5. The van der Waals surface area contributed by atoms with Crippen molar-refractivity contribution in [2.24, 2.45) is 12.8 Å². The number of fused-ring (bicyclic) bond motifs is 1. The number of aromatic nitrogens is 1. The molecule has 15 heavy (non-hydrogen) atoms. The van der Waals surface area contributed by atoms with Crippen molar-refractivity contribution in [1.29, 1.82) is 0 Å². The zero-order valence-electron chi connectivity index (χ0n) is 8.24. The van der Waals surface area contributed by atoms with Crippen molar-refractivity contribution in [2.45, 2.75) is 6.04 Å². The maximum absolute atomic E-state index is 11.2. The van der Waals surface area contributed by atoms with E-state index >= 15 is 0 Å². The standard InChI is InChI=1S/C10H11ClN2O2/c1-13-8-3-2-6(7(12)5-11)4-9(8)15-10(13)14/h2-4,7H,5,12H2,1H3. The molecule has 1 unspecified atom stereocenters. The van der Waals surface area contributed by atoms with E-state index in [-0.39, 0.29) is 11.8 Å². The summed E-state index contributed by atoms with van der Waals surface area (Å²) in [5, 5.41) is 0. The van der Waals surface area contributed by atoms with Crippen molar-refractivity contribution in [1.82, 2.24) is 4.57 Å². The number of nitrogens with two attached hydrogens (primary N) is 1. The molecule has 4 nitrogen and oxygen atoms in total. The largest absolute Gasteiger partial charge is 0.419 e. The first-order chi connectivity index (χ1) is 7.13. The van der Waals surface area contributed by atoms with Crippen molar-refractivity contribution in [2.75, 3.05) is 5.88 Å². The van der Waals surface area contributed by atoms with Crippen LogP contribution in [-0.4, -0.2) is 10.4 Å². The van der Waals surface area contributed by atoms with E-state index in [4.69, 9.17) is 21.8 Å². The maximum Gasteiger partial charge on any atom is 0.419 e. The lowest BCUT2D eigenvalue weighted by molar-refractivity contribution is 0.527. The topological polar surface area (TPSA) is 61.2 Å². The third-order valence-corrected chi connectivity index (χ3v) is 2.74. The number of aryl methyl sites for hydroxylation is 1. The molecule has 0 amide bonds. The molecule has 0 spiro atoms. The second-order valence-electron chi connectivity index (χ2n) is 3.41. The Morgan fingerprint density at radius 3 is 3.00 bits per heavy atom. The van der Waals surface area contributed by atoms with Crippen LogP contribution in [0.25, 0.3) is 11.1 Å². The average molecular weight is 227 g/mol. The van der Waals surface area contributed by atoms with Gasteiger partial charge in [-0.3, -0.25) is 4.57 Å². The third kappa shape index (κ3) is 1.66. The Morgan fingerprint density at radius 2 is 2.33 bits per heavy atom. The summed E-state index contributed by atoms with van der Waals surface area (Å²) in [5.74, 6) is -0.0376. The van der Waals surface area contributed by atoms with Crippen LogP contribution >= 0.6 is 11.6 Å². The second-order valence-corrected chi connectivity index (χ2v) is 3.72. The Labute approximate surface area is 91.2 Å². The van der Waals surface area contributed by atoms with Crippen molar-refractivity contribution >= 4 is 22.7 Å². The van der Waals surface area contributed by atoms with Gasteiger partial charge in [-0.05, 0) is 17.7 Å². The summed E-state index contributed by atoms with van der Waals surface area (Å²) < 4.78 is 6.49. The Balaban J connectivity index is 2.62. The summed E-state index contributed by atoms with van der Waals surface area (Å²) >= 11 is 5.65. The van der Waals surface area contributed by atoms with Gasteiger partial charge in [0, 0.05) is 19.0 Å². The molecular weight excluding hydrogens is 216 g/mol. The van der Waals surface area contributed by atoms with E-state index in [2.05, 4.69) is 0 Å². The fourth-order valence-corrected chi connectivity index (χ4v) is 1.65. The zero-order valence-corrected chi connectivity index (χ0v) is 8.99. The number of hydrogen-bond donors (Lipinski definition) is 1. The molecule has 1 heterocycles. The van der Waals surface area contributed by atoms with E-state index in [0.29, 0.717) is 11.5 Å². The van der Waals surface area contributed by atoms with Gasteiger partial charge >= 0.3 is 5.76 Å². The Morgan fingerprint density at radius 1 is 1.60 bits per heavy atom. The molecule has 5 heteroatoms. The number of rotatable bonds is 2. The van der Waals surface area contributed by atoms with Gasteiger partial charge in [-0.15, -0.1) is 11.6 Å². The van der Waals surface area contributed by atoms with Crippen molar-refractivity contribution in [3.8, 4) is 0 Å². The fraction of sp³-hybridized carbons (Fsp3) is 0.300. The van der Waals surface area contributed by atoms with Gasteiger partial charge in [0.1, 0.15) is 0 Å². The molecule has 2 aromatic rings. The van der Waals surface area contributed by atoms with Gasteiger partial charge in [0.05, 0.1) is 5.52 Å². The van der Waals surface area contributed by atoms with Gasteiger partial charge in [0.2, 0.25) is 0 Å². The van der Waals surface area contributed by atoms with Crippen LogP contribution in [0.2, 0.25) is 0 Å². The van der Waals surface area contributed by atoms with E-state index in [9.17, 15) is 4.79 Å². The van der Waals surface area contributed by atoms with Crippen LogP contribution < -0.4 is 11.5 Å². The van der Waals surface area contributed by atoms with Crippen LogP contribution in [0.3, 0.4) is 0 Å². The molecule has 0 saturated carbocycles. The molecule has 80 valence electrons. The zero-order chi connectivity index (χ0) is 11.0. The minimum atomic E-state index is -0.374. The lowest BCUT2D eigenvalue weighted by Gasteiger charge is -2.06. The van der Waals surface area contributed by atoms with Crippen molar-refractivity contribution < 1.29 is 4.42 Å². The quantitative estimate of drug-likeness (QED) is 0.787. The van der Waals surface area contributed by atoms with Crippen LogP contribution in [0.15, 0.2) is 27.4 Å². The number of oxazole rings is 1. The first kappa shape index (κ1) is 10.3. The second kappa shape index (κ2) is 3.72. The predicted octanol–water partition coefficient (Wildman–Crippen LogP) is 1.37. The van der Waals surface area contributed by atoms with Gasteiger partial charge in [-0.2, -0.15) is 0 Å². The molecule has 0 bridgehead atoms. The highest BCUT2D eigenvalue weighted by Gasteiger charge is 2.09. The van der Waals surface area contributed by atoms with E-state index in [1.807, 2.05) is 12.1 Å². The van der Waals surface area contributed by atoms with Gasteiger partial charge in [-0.1, -0.05) is 6.07 Å². The van der Waals surface area contributed by atoms with Crippen LogP contribution in [0.1, 0.15) is 11.6 Å². The van der Waals surface area contributed by atoms with Gasteiger partial charge in [-0.25, -0.2) is 4.79 Å². The van der Waals surface area contributed by atoms with Crippen molar-refractivity contribution in [3.05, 3.63) is 34.3 Å². The number of nitrogens with zero attached hydrogens (tertiary/aromatic N) is 1. The molecule has 1 atom stereocenters. The van der Waals surface area contributed by atoms with Gasteiger partial charge in [0.15, 0.2) is 5.58 Å². The first-order valence-corrected chi connectivity index (χ1v) is 5.08. The summed E-state index contributed by atoms with van der Waals surface area (Å²) in [6.07, 6.45) is 0. The molecule has 2 N–H and O–H groups in total. The maximum atomic E-state index is 11.2. The molecule has 0 aliphatic rings. The van der Waals surface area contributed by atoms with E-state index < -0.39 is 0 Å². The minimum Gasteiger partial charge on any atom is -0.408 e. The minimum absolute atomic E-state index is 0.235. The predicted molar refractivity (Wildman–Crippen MR) is 59.1 cm³/mol. The van der Waals surface area contributed by atoms with Crippen LogP contribution in [0.5, 0.6) is 0 Å². The molecule has 0 saturated heterocycles. The molecule has 0 fully saturated rings. The van der Waals surface area contributed by atoms with E-state index in [1.165, 1.54) is 4.57 Å². The Hall–Kier alpha value is -1.26. The highest BCUT2D eigenvalue weighted by Crippen LogP contribution is 2.18. The van der Waals surface area contributed by atoms with Crippen molar-refractivity contribution in [3.63, 3.8) is 0 Å². The molecule has 1 aromatic heterocycles. The summed E-state index contributed by atoms with van der Waals surface area (Å²) in [7, 11) is 1.66. The molecule has 1 aromatic carbocycles. The SMILES string of the molecule is Cn1c(=O)oc2cc(C(N)CCl)ccc21. The van der Waals surface area contributed by atoms with Gasteiger partial charge in [0.25, 0.3) is 0 Å². The first-order valence-electron chi connectivity index (χ1n) is 4.54. The lowest BCUT2D eigenvalue weighted by atomic mass is 10.1. The molecule has 0 aliphatic carbocycles. The van der Waals surface area contributed by atoms with Crippen LogP contribution in [0.4, 0.5) is 0 Å². The monoisotopic (exact) mass is 226 g/mol. The van der Waals surface area contributed by atoms with E-state index in [1.54, 1.807) is 13.1 Å². The van der Waals surface area contributed by atoms with E-state index in [0.717, 1.165) is 11.1 Å². The van der Waals surface area contributed by atoms with Gasteiger partial charge < -0.3 is 10.2 Å². The molecule has 0 radical (unpaired) electrons. The number of halogens is 1. The smallest absolute Gasteiger partial charge is 0.408 e. The average Bonchev–Trinajstić information content (AvgIpc) is 2.53. The number of benzene rings is 1. The Bertz CT molecular complexity index is 544. The summed E-state index contributed by atoms with van der Waals surface area (Å²) in [5.41, 5.74) is 7.94. The molecule has 0 aliphatic heterocycles. The summed E-state index contributed by atoms with van der Waals surface area (Å²) in [4.78, 5) is 11.2. The Kier molecular flexibility index (Phi) is 2.54. The van der Waals surface area contributed by atoms with Crippen LogP contribution in [-0.2, 0) is 7.05 Å². The normalized spacial score (nSPS) is 13.3. The number of alkyl halides is 1. The lowest BCUT2D eigenvalue weighted by Crippen LogP contribution is -2.11. The summed E-state index contributed by atoms with van der Waals surface area (Å²) in [6.45, 7) is 0. The fourth-order valence-electron chi connectivity index (χ4n) is 1.47. The molecular formula is C10H11ClN2O2. The third-order valence-electron chi connectivity index (χ3n) is 2.41. The molecule has 2 rings (SSSR count). The highest BCUT2D eigenvalue weighted by molar-refractivity contribution is 6.18. The van der Waals surface area contributed by atoms with Crippen LogP contribution in [0, 0.1) is 0 Å². The number of hydrogen-bond acceptors (Lipinski definition) is 3.